The lowest BCUT2D eigenvalue weighted by molar-refractivity contribution is 0.112. The van der Waals surface area contributed by atoms with Crippen molar-refractivity contribution < 1.29 is 4.79 Å². The molecule has 0 aliphatic rings. The zero-order valence-electron chi connectivity index (χ0n) is 11.0. The number of aldehydes is 1. The Morgan fingerprint density at radius 1 is 1.39 bits per heavy atom. The van der Waals surface area contributed by atoms with Gasteiger partial charge in [0.25, 0.3) is 0 Å². The van der Waals surface area contributed by atoms with Gasteiger partial charge in [0, 0.05) is 13.5 Å². The summed E-state index contributed by atoms with van der Waals surface area (Å²) in [6.45, 7) is 6.13. The Bertz CT molecular complexity index is 616. The van der Waals surface area contributed by atoms with Gasteiger partial charge in [-0.15, -0.1) is 0 Å². The lowest BCUT2D eigenvalue weighted by Gasteiger charge is -2.06. The Morgan fingerprint density at radius 2 is 2.06 bits per heavy atom. The van der Waals surface area contributed by atoms with Crippen LogP contribution in [0.1, 0.15) is 35.7 Å². The van der Waals surface area contributed by atoms with E-state index in [4.69, 9.17) is 11.6 Å². The molecule has 0 aliphatic carbocycles. The molecule has 96 valence electrons. The van der Waals surface area contributed by atoms with Crippen LogP contribution < -0.4 is 0 Å². The van der Waals surface area contributed by atoms with Crippen LogP contribution >= 0.6 is 11.6 Å². The Hall–Kier alpha value is -1.42. The van der Waals surface area contributed by atoms with Crippen molar-refractivity contribution in [1.29, 1.82) is 0 Å². The number of hydrogen-bond donors (Lipinski definition) is 0. The summed E-state index contributed by atoms with van der Waals surface area (Å²) < 4.78 is 1.74. The topological polar surface area (TPSA) is 47.8 Å². The number of fused-ring (bicyclic) bond motifs is 1. The number of hydrogen-bond acceptors (Lipinski definition) is 3. The maximum atomic E-state index is 11.1. The fraction of sp³-hybridized carbons (Fsp3) is 0.462. The van der Waals surface area contributed by atoms with Gasteiger partial charge in [-0.25, -0.2) is 9.97 Å². The van der Waals surface area contributed by atoms with Crippen LogP contribution in [0.3, 0.4) is 0 Å². The highest BCUT2D eigenvalue weighted by Crippen LogP contribution is 2.28. The van der Waals surface area contributed by atoms with Gasteiger partial charge in [-0.2, -0.15) is 0 Å². The molecule has 0 N–H and O–H groups in total. The molecule has 0 spiro atoms. The van der Waals surface area contributed by atoms with Crippen LogP contribution in [0.5, 0.6) is 0 Å². The van der Waals surface area contributed by atoms with Gasteiger partial charge in [-0.1, -0.05) is 25.4 Å². The van der Waals surface area contributed by atoms with E-state index < -0.39 is 0 Å². The van der Waals surface area contributed by atoms with E-state index in [1.165, 1.54) is 0 Å². The summed E-state index contributed by atoms with van der Waals surface area (Å²) in [6.07, 6.45) is 1.58. The number of aryl methyl sites for hydroxylation is 2. The summed E-state index contributed by atoms with van der Waals surface area (Å²) in [4.78, 5) is 20.1. The lowest BCUT2D eigenvalue weighted by atomic mass is 10.1. The predicted molar refractivity (Wildman–Crippen MR) is 72.2 cm³/mol. The van der Waals surface area contributed by atoms with Crippen molar-refractivity contribution in [2.45, 2.75) is 27.2 Å². The second-order valence-corrected chi connectivity index (χ2v) is 5.26. The number of halogens is 1. The Kier molecular flexibility index (Phi) is 3.39. The highest BCUT2D eigenvalue weighted by molar-refractivity contribution is 6.34. The fourth-order valence-corrected chi connectivity index (χ4v) is 2.33. The molecule has 0 unspecified atom stereocenters. The van der Waals surface area contributed by atoms with Crippen LogP contribution in [0.15, 0.2) is 0 Å². The number of carbonyl (C=O) groups excluding carboxylic acids is 1. The van der Waals surface area contributed by atoms with E-state index in [2.05, 4.69) is 23.8 Å². The molecule has 0 atom stereocenters. The largest absolute Gasteiger partial charge is 0.319 e. The third kappa shape index (κ3) is 2.01. The fourth-order valence-electron chi connectivity index (χ4n) is 2.11. The number of rotatable bonds is 3. The average molecular weight is 266 g/mol. The van der Waals surface area contributed by atoms with Crippen LogP contribution in [0.4, 0.5) is 0 Å². The molecule has 0 saturated heterocycles. The highest BCUT2D eigenvalue weighted by atomic mass is 35.5. The maximum absolute atomic E-state index is 11.1. The van der Waals surface area contributed by atoms with E-state index in [0.717, 1.165) is 35.3 Å². The molecular weight excluding hydrogens is 250 g/mol. The molecular formula is C13H16ClN3O. The lowest BCUT2D eigenvalue weighted by Crippen LogP contribution is -2.04. The first kappa shape index (κ1) is 13.0. The summed E-state index contributed by atoms with van der Waals surface area (Å²) in [7, 11) is 1.81. The van der Waals surface area contributed by atoms with Gasteiger partial charge in [0.15, 0.2) is 6.29 Å². The van der Waals surface area contributed by atoms with E-state index in [1.807, 2.05) is 14.0 Å². The molecule has 0 radical (unpaired) electrons. The summed E-state index contributed by atoms with van der Waals surface area (Å²) in [6, 6.07) is 0. The molecule has 0 saturated carbocycles. The first-order valence-corrected chi connectivity index (χ1v) is 6.30. The van der Waals surface area contributed by atoms with E-state index in [9.17, 15) is 4.79 Å². The Labute approximate surface area is 111 Å². The molecule has 0 aliphatic heterocycles. The zero-order valence-corrected chi connectivity index (χ0v) is 11.7. The van der Waals surface area contributed by atoms with Crippen LogP contribution in [0, 0.1) is 12.8 Å². The summed E-state index contributed by atoms with van der Waals surface area (Å²) in [5.74, 6) is 1.29. The van der Waals surface area contributed by atoms with Crippen molar-refractivity contribution in [3.8, 4) is 0 Å². The van der Waals surface area contributed by atoms with Gasteiger partial charge in [0.2, 0.25) is 0 Å². The van der Waals surface area contributed by atoms with E-state index in [1.54, 1.807) is 4.57 Å². The summed E-state index contributed by atoms with van der Waals surface area (Å²) in [5, 5.41) is 1.17. The molecule has 0 fully saturated rings. The minimum atomic E-state index is 0.416. The summed E-state index contributed by atoms with van der Waals surface area (Å²) in [5.41, 5.74) is 2.01. The van der Waals surface area contributed by atoms with Crippen molar-refractivity contribution in [3.63, 3.8) is 0 Å². The normalized spacial score (nSPS) is 11.4. The van der Waals surface area contributed by atoms with Gasteiger partial charge in [-0.3, -0.25) is 4.79 Å². The van der Waals surface area contributed by atoms with Crippen molar-refractivity contribution in [2.24, 2.45) is 13.0 Å². The quantitative estimate of drug-likeness (QED) is 0.802. The van der Waals surface area contributed by atoms with E-state index in [-0.39, 0.29) is 0 Å². The van der Waals surface area contributed by atoms with Gasteiger partial charge in [0.1, 0.15) is 16.6 Å². The van der Waals surface area contributed by atoms with Crippen molar-refractivity contribution in [1.82, 2.24) is 14.5 Å². The third-order valence-electron chi connectivity index (χ3n) is 2.93. The number of nitrogens with zero attached hydrogens (tertiary/aromatic N) is 3. The third-order valence-corrected chi connectivity index (χ3v) is 3.39. The second-order valence-electron chi connectivity index (χ2n) is 4.90. The Balaban J connectivity index is 2.74. The molecule has 2 rings (SSSR count). The molecule has 18 heavy (non-hydrogen) atoms. The first-order chi connectivity index (χ1) is 8.45. The van der Waals surface area contributed by atoms with Gasteiger partial charge >= 0.3 is 0 Å². The van der Waals surface area contributed by atoms with Crippen LogP contribution in [-0.4, -0.2) is 20.8 Å². The highest BCUT2D eigenvalue weighted by Gasteiger charge is 2.18. The van der Waals surface area contributed by atoms with Crippen LogP contribution in [0.25, 0.3) is 11.0 Å². The first-order valence-electron chi connectivity index (χ1n) is 5.92. The molecule has 2 aromatic rings. The van der Waals surface area contributed by atoms with Crippen molar-refractivity contribution in [2.75, 3.05) is 0 Å². The standard InChI is InChI=1S/C13H16ClN3O/c1-7(2)5-10-15-8(3)11-9(6-18)12(14)17(4)13(11)16-10/h6-7H,5H2,1-4H3. The second kappa shape index (κ2) is 4.69. The SMILES string of the molecule is Cc1nc(CC(C)C)nc2c1c(C=O)c(Cl)n2C. The minimum absolute atomic E-state index is 0.416. The molecule has 0 amide bonds. The van der Waals surface area contributed by atoms with E-state index >= 15 is 0 Å². The average Bonchev–Trinajstić information content (AvgIpc) is 2.52. The van der Waals surface area contributed by atoms with Crippen molar-refractivity contribution >= 4 is 28.9 Å². The van der Waals surface area contributed by atoms with Crippen LogP contribution in [-0.2, 0) is 13.5 Å². The molecule has 4 nitrogen and oxygen atoms in total. The maximum Gasteiger partial charge on any atom is 0.153 e. The van der Waals surface area contributed by atoms with Gasteiger partial charge in [0.05, 0.1) is 16.6 Å². The molecule has 2 aromatic heterocycles. The molecule has 0 aromatic carbocycles. The van der Waals surface area contributed by atoms with Crippen molar-refractivity contribution in [3.05, 3.63) is 22.2 Å². The minimum Gasteiger partial charge on any atom is -0.319 e. The molecule has 2 heterocycles. The van der Waals surface area contributed by atoms with Gasteiger partial charge in [-0.05, 0) is 12.8 Å². The summed E-state index contributed by atoms with van der Waals surface area (Å²) >= 11 is 6.13. The van der Waals surface area contributed by atoms with E-state index in [0.29, 0.717) is 16.6 Å². The van der Waals surface area contributed by atoms with Crippen LogP contribution in [0.2, 0.25) is 5.15 Å². The number of aromatic nitrogens is 3. The predicted octanol–water partition coefficient (Wildman–Crippen LogP) is 2.94. The Morgan fingerprint density at radius 3 is 2.61 bits per heavy atom. The monoisotopic (exact) mass is 265 g/mol. The van der Waals surface area contributed by atoms with Gasteiger partial charge < -0.3 is 4.57 Å². The smallest absolute Gasteiger partial charge is 0.153 e. The zero-order chi connectivity index (χ0) is 13.4. The number of carbonyl (C=O) groups is 1. The molecule has 0 bridgehead atoms. The molecule has 5 heteroatoms.